The van der Waals surface area contributed by atoms with E-state index in [0.29, 0.717) is 5.75 Å². The van der Waals surface area contributed by atoms with Crippen molar-refractivity contribution in [2.75, 3.05) is 32.7 Å². The molecule has 0 bridgehead atoms. The molecule has 1 aliphatic heterocycles. The molecule has 2 rings (SSSR count). The molecule has 17 heavy (non-hydrogen) atoms. The second kappa shape index (κ2) is 5.52. The van der Waals surface area contributed by atoms with Gasteiger partial charge in [-0.15, -0.1) is 0 Å². The van der Waals surface area contributed by atoms with E-state index in [0.717, 1.165) is 39.1 Å². The fourth-order valence-corrected chi connectivity index (χ4v) is 2.57. The molecule has 3 heteroatoms. The Morgan fingerprint density at radius 3 is 2.35 bits per heavy atom. The summed E-state index contributed by atoms with van der Waals surface area (Å²) in [5.74, 6) is 0.380. The number of benzene rings is 1. The molecule has 3 nitrogen and oxygen atoms in total. The van der Waals surface area contributed by atoms with Gasteiger partial charge in [-0.25, -0.2) is 0 Å². The lowest BCUT2D eigenvalue weighted by atomic mass is 9.99. The standard InChI is InChI=1S/C14H22N2O/c1-11-9-13(17)10-12(2)14(11)3-6-16-7-4-15-5-8-16/h9-10,15,17H,3-8H2,1-2H3. The van der Waals surface area contributed by atoms with Crippen LogP contribution in [0.3, 0.4) is 0 Å². The van der Waals surface area contributed by atoms with Gasteiger partial charge in [-0.3, -0.25) is 0 Å². The number of piperazine rings is 1. The minimum Gasteiger partial charge on any atom is -0.508 e. The number of aromatic hydroxyl groups is 1. The molecule has 1 fully saturated rings. The van der Waals surface area contributed by atoms with Crippen LogP contribution in [-0.4, -0.2) is 42.7 Å². The molecule has 1 saturated heterocycles. The summed E-state index contributed by atoms with van der Waals surface area (Å²) in [4.78, 5) is 2.50. The highest BCUT2D eigenvalue weighted by Crippen LogP contribution is 2.21. The van der Waals surface area contributed by atoms with Gasteiger partial charge >= 0.3 is 0 Å². The molecule has 1 heterocycles. The number of nitrogens with one attached hydrogen (secondary N) is 1. The van der Waals surface area contributed by atoms with Gasteiger partial charge in [-0.05, 0) is 49.1 Å². The van der Waals surface area contributed by atoms with Crippen LogP contribution in [0, 0.1) is 13.8 Å². The fourth-order valence-electron chi connectivity index (χ4n) is 2.57. The van der Waals surface area contributed by atoms with Crippen molar-refractivity contribution < 1.29 is 5.11 Å². The van der Waals surface area contributed by atoms with Crippen LogP contribution in [0.15, 0.2) is 12.1 Å². The average Bonchev–Trinajstić information content (AvgIpc) is 2.29. The normalized spacial score (nSPS) is 17.3. The molecule has 0 spiro atoms. The molecule has 2 N–H and O–H groups in total. The topological polar surface area (TPSA) is 35.5 Å². The van der Waals surface area contributed by atoms with Crippen LogP contribution < -0.4 is 5.32 Å². The van der Waals surface area contributed by atoms with Crippen LogP contribution in [-0.2, 0) is 6.42 Å². The molecule has 1 aliphatic rings. The van der Waals surface area contributed by atoms with E-state index < -0.39 is 0 Å². The molecule has 0 atom stereocenters. The molecular weight excluding hydrogens is 212 g/mol. The summed E-state index contributed by atoms with van der Waals surface area (Å²) in [5, 5.41) is 12.9. The largest absolute Gasteiger partial charge is 0.508 e. The summed E-state index contributed by atoms with van der Waals surface area (Å²) in [6.07, 6.45) is 1.08. The predicted octanol–water partition coefficient (Wildman–Crippen LogP) is 1.46. The van der Waals surface area contributed by atoms with Gasteiger partial charge in [-0.1, -0.05) is 0 Å². The van der Waals surface area contributed by atoms with Crippen LogP contribution in [0.2, 0.25) is 0 Å². The molecule has 0 saturated carbocycles. The zero-order valence-electron chi connectivity index (χ0n) is 10.8. The van der Waals surface area contributed by atoms with Crippen LogP contribution in [0.1, 0.15) is 16.7 Å². The minimum atomic E-state index is 0.380. The van der Waals surface area contributed by atoms with E-state index in [1.807, 2.05) is 12.1 Å². The second-order valence-electron chi connectivity index (χ2n) is 4.90. The predicted molar refractivity (Wildman–Crippen MR) is 70.6 cm³/mol. The number of nitrogens with zero attached hydrogens (tertiary/aromatic N) is 1. The SMILES string of the molecule is Cc1cc(O)cc(C)c1CCN1CCNCC1. The smallest absolute Gasteiger partial charge is 0.116 e. The molecule has 0 amide bonds. The maximum absolute atomic E-state index is 9.52. The van der Waals surface area contributed by atoms with E-state index in [-0.39, 0.29) is 0 Å². The molecule has 0 radical (unpaired) electrons. The maximum atomic E-state index is 9.52. The highest BCUT2D eigenvalue weighted by molar-refractivity contribution is 5.40. The van der Waals surface area contributed by atoms with Crippen molar-refractivity contribution in [2.24, 2.45) is 0 Å². The van der Waals surface area contributed by atoms with Crippen molar-refractivity contribution in [3.63, 3.8) is 0 Å². The van der Waals surface area contributed by atoms with Crippen molar-refractivity contribution in [3.05, 3.63) is 28.8 Å². The Balaban J connectivity index is 1.98. The Hall–Kier alpha value is -1.06. The van der Waals surface area contributed by atoms with Gasteiger partial charge in [0.1, 0.15) is 5.75 Å². The van der Waals surface area contributed by atoms with Gasteiger partial charge in [0.2, 0.25) is 0 Å². The summed E-state index contributed by atoms with van der Waals surface area (Å²) in [5.41, 5.74) is 3.80. The van der Waals surface area contributed by atoms with Crippen molar-refractivity contribution in [1.82, 2.24) is 10.2 Å². The highest BCUT2D eigenvalue weighted by Gasteiger charge is 2.11. The van der Waals surface area contributed by atoms with Crippen LogP contribution in [0.25, 0.3) is 0 Å². The fraction of sp³-hybridized carbons (Fsp3) is 0.571. The van der Waals surface area contributed by atoms with Crippen LogP contribution >= 0.6 is 0 Å². The van der Waals surface area contributed by atoms with E-state index in [9.17, 15) is 5.11 Å². The summed E-state index contributed by atoms with van der Waals surface area (Å²) in [6, 6.07) is 3.72. The van der Waals surface area contributed by atoms with E-state index >= 15 is 0 Å². The zero-order chi connectivity index (χ0) is 12.3. The lowest BCUT2D eigenvalue weighted by molar-refractivity contribution is 0.243. The summed E-state index contributed by atoms with van der Waals surface area (Å²) >= 11 is 0. The lowest BCUT2D eigenvalue weighted by Gasteiger charge is -2.27. The number of rotatable bonds is 3. The third-order valence-corrected chi connectivity index (χ3v) is 3.57. The minimum absolute atomic E-state index is 0.380. The molecule has 0 aliphatic carbocycles. The van der Waals surface area contributed by atoms with E-state index in [1.165, 1.54) is 16.7 Å². The molecule has 1 aromatic carbocycles. The third kappa shape index (κ3) is 3.20. The number of phenols is 1. The van der Waals surface area contributed by atoms with Crippen LogP contribution in [0.5, 0.6) is 5.75 Å². The van der Waals surface area contributed by atoms with E-state index in [1.54, 1.807) is 0 Å². The first kappa shape index (κ1) is 12.4. The van der Waals surface area contributed by atoms with Crippen molar-refractivity contribution in [2.45, 2.75) is 20.3 Å². The maximum Gasteiger partial charge on any atom is 0.116 e. The average molecular weight is 234 g/mol. The first-order valence-corrected chi connectivity index (χ1v) is 6.39. The van der Waals surface area contributed by atoms with Gasteiger partial charge in [0.25, 0.3) is 0 Å². The zero-order valence-corrected chi connectivity index (χ0v) is 10.8. The van der Waals surface area contributed by atoms with Gasteiger partial charge < -0.3 is 15.3 Å². The number of hydrogen-bond acceptors (Lipinski definition) is 3. The Morgan fingerprint density at radius 1 is 1.18 bits per heavy atom. The van der Waals surface area contributed by atoms with Crippen LogP contribution in [0.4, 0.5) is 0 Å². The molecule has 0 aromatic heterocycles. The number of phenolic OH excluding ortho intramolecular Hbond substituents is 1. The highest BCUT2D eigenvalue weighted by atomic mass is 16.3. The summed E-state index contributed by atoms with van der Waals surface area (Å²) in [6.45, 7) is 9.79. The Bertz CT molecular complexity index is 361. The van der Waals surface area contributed by atoms with Gasteiger partial charge in [0.05, 0.1) is 0 Å². The Labute approximate surface area is 103 Å². The first-order valence-electron chi connectivity index (χ1n) is 6.39. The summed E-state index contributed by atoms with van der Waals surface area (Å²) in [7, 11) is 0. The van der Waals surface area contributed by atoms with Crippen molar-refractivity contribution in [1.29, 1.82) is 0 Å². The molecule has 94 valence electrons. The Morgan fingerprint density at radius 2 is 1.76 bits per heavy atom. The van der Waals surface area contributed by atoms with Gasteiger partial charge in [0, 0.05) is 32.7 Å². The lowest BCUT2D eigenvalue weighted by Crippen LogP contribution is -2.44. The Kier molecular flexibility index (Phi) is 4.02. The second-order valence-corrected chi connectivity index (χ2v) is 4.90. The quantitative estimate of drug-likeness (QED) is 0.831. The first-order chi connectivity index (χ1) is 8.16. The number of hydrogen-bond donors (Lipinski definition) is 2. The monoisotopic (exact) mass is 234 g/mol. The third-order valence-electron chi connectivity index (χ3n) is 3.57. The summed E-state index contributed by atoms with van der Waals surface area (Å²) < 4.78 is 0. The molecular formula is C14H22N2O. The van der Waals surface area contributed by atoms with Gasteiger partial charge in [0.15, 0.2) is 0 Å². The van der Waals surface area contributed by atoms with E-state index in [4.69, 9.17) is 0 Å². The molecule has 1 aromatic rings. The van der Waals surface area contributed by atoms with Crippen molar-refractivity contribution >= 4 is 0 Å². The number of aryl methyl sites for hydroxylation is 2. The van der Waals surface area contributed by atoms with Gasteiger partial charge in [-0.2, -0.15) is 0 Å². The molecule has 0 unspecified atom stereocenters. The van der Waals surface area contributed by atoms with E-state index in [2.05, 4.69) is 24.1 Å². The van der Waals surface area contributed by atoms with Crippen molar-refractivity contribution in [3.8, 4) is 5.75 Å².